The number of pyridine rings is 2. The van der Waals surface area contributed by atoms with Gasteiger partial charge in [-0.05, 0) is 29.8 Å². The summed E-state index contributed by atoms with van der Waals surface area (Å²) in [7, 11) is 0. The highest BCUT2D eigenvalue weighted by molar-refractivity contribution is 5.79. The molecule has 98 valence electrons. The molecule has 0 spiro atoms. The fourth-order valence-corrected chi connectivity index (χ4v) is 1.58. The molecule has 0 saturated heterocycles. The molecule has 3 aromatic heterocycles. The van der Waals surface area contributed by atoms with E-state index in [1.165, 1.54) is 6.39 Å². The zero-order valence-corrected chi connectivity index (χ0v) is 10.5. The van der Waals surface area contributed by atoms with E-state index in [9.17, 15) is 0 Å². The van der Waals surface area contributed by atoms with Crippen molar-refractivity contribution in [3.05, 3.63) is 61.0 Å². The molecule has 0 fully saturated rings. The summed E-state index contributed by atoms with van der Waals surface area (Å²) in [6, 6.07) is 7.45. The van der Waals surface area contributed by atoms with Crippen LogP contribution in [0.25, 0.3) is 11.5 Å². The molecule has 0 aliphatic carbocycles. The van der Waals surface area contributed by atoms with E-state index in [-0.39, 0.29) is 0 Å². The molecule has 0 saturated carbocycles. The van der Waals surface area contributed by atoms with Crippen molar-refractivity contribution in [1.82, 2.24) is 15.0 Å². The van der Waals surface area contributed by atoms with E-state index in [1.807, 2.05) is 24.3 Å². The van der Waals surface area contributed by atoms with Crippen LogP contribution in [0.2, 0.25) is 0 Å². The molecule has 0 aliphatic heterocycles. The number of oxazole rings is 1. The molecule has 1 N–H and O–H groups in total. The Labute approximate surface area is 115 Å². The Balaban J connectivity index is 1.65. The van der Waals surface area contributed by atoms with Gasteiger partial charge in [0.05, 0.1) is 24.3 Å². The number of hydrazone groups is 1. The SMILES string of the molecule is C(=NNc1ccc(-c2cnco2)nc1)c1ccncc1. The summed E-state index contributed by atoms with van der Waals surface area (Å²) in [6.45, 7) is 0. The van der Waals surface area contributed by atoms with E-state index >= 15 is 0 Å². The third kappa shape index (κ3) is 2.86. The fourth-order valence-electron chi connectivity index (χ4n) is 1.58. The number of hydrogen-bond acceptors (Lipinski definition) is 6. The highest BCUT2D eigenvalue weighted by atomic mass is 16.3. The first-order valence-electron chi connectivity index (χ1n) is 5.96. The molecular weight excluding hydrogens is 254 g/mol. The average molecular weight is 265 g/mol. The maximum absolute atomic E-state index is 5.17. The van der Waals surface area contributed by atoms with Gasteiger partial charge in [-0.1, -0.05) is 0 Å². The first kappa shape index (κ1) is 12.0. The zero-order valence-electron chi connectivity index (χ0n) is 10.5. The van der Waals surface area contributed by atoms with Gasteiger partial charge >= 0.3 is 0 Å². The molecule has 20 heavy (non-hydrogen) atoms. The van der Waals surface area contributed by atoms with Crippen LogP contribution in [-0.2, 0) is 0 Å². The van der Waals surface area contributed by atoms with Gasteiger partial charge in [-0.3, -0.25) is 15.4 Å². The van der Waals surface area contributed by atoms with Gasteiger partial charge in [0, 0.05) is 12.4 Å². The lowest BCUT2D eigenvalue weighted by Gasteiger charge is -2.00. The predicted molar refractivity (Wildman–Crippen MR) is 75.2 cm³/mol. The van der Waals surface area contributed by atoms with Crippen molar-refractivity contribution in [3.8, 4) is 11.5 Å². The molecule has 0 amide bonds. The summed E-state index contributed by atoms with van der Waals surface area (Å²) in [5.74, 6) is 0.636. The molecule has 0 atom stereocenters. The molecule has 0 aliphatic rings. The molecule has 0 radical (unpaired) electrons. The first-order chi connectivity index (χ1) is 9.92. The van der Waals surface area contributed by atoms with Crippen LogP contribution in [0.3, 0.4) is 0 Å². The lowest BCUT2D eigenvalue weighted by atomic mass is 10.3. The van der Waals surface area contributed by atoms with Gasteiger partial charge in [0.1, 0.15) is 5.69 Å². The fraction of sp³-hybridized carbons (Fsp3) is 0. The number of nitrogens with zero attached hydrogens (tertiary/aromatic N) is 4. The van der Waals surface area contributed by atoms with Crippen molar-refractivity contribution >= 4 is 11.9 Å². The Kier molecular flexibility index (Phi) is 3.46. The maximum Gasteiger partial charge on any atom is 0.181 e. The van der Waals surface area contributed by atoms with Crippen LogP contribution in [0.15, 0.2) is 65.0 Å². The summed E-state index contributed by atoms with van der Waals surface area (Å²) in [5, 5.41) is 4.13. The Morgan fingerprint density at radius 1 is 1.05 bits per heavy atom. The van der Waals surface area contributed by atoms with E-state index in [1.54, 1.807) is 31.0 Å². The summed E-state index contributed by atoms with van der Waals surface area (Å²) >= 11 is 0. The number of hydrogen-bond donors (Lipinski definition) is 1. The lowest BCUT2D eigenvalue weighted by Crippen LogP contribution is -1.92. The van der Waals surface area contributed by atoms with Crippen LogP contribution < -0.4 is 5.43 Å². The van der Waals surface area contributed by atoms with Crippen LogP contribution in [0.5, 0.6) is 0 Å². The Morgan fingerprint density at radius 3 is 2.65 bits per heavy atom. The van der Waals surface area contributed by atoms with E-state index < -0.39 is 0 Å². The van der Waals surface area contributed by atoms with Crippen LogP contribution in [0.1, 0.15) is 5.56 Å². The molecule has 0 unspecified atom stereocenters. The second-order valence-electron chi connectivity index (χ2n) is 3.95. The molecule has 6 heteroatoms. The highest BCUT2D eigenvalue weighted by Gasteiger charge is 2.02. The van der Waals surface area contributed by atoms with Crippen molar-refractivity contribution in [2.75, 3.05) is 5.43 Å². The standard InChI is InChI=1S/C14H11N5O/c1-2-13(14-9-16-10-20-14)17-8-12(1)19-18-7-11-3-5-15-6-4-11/h1-10,19H. The molecule has 0 bridgehead atoms. The van der Waals surface area contributed by atoms with Gasteiger partial charge in [0.15, 0.2) is 12.2 Å². The van der Waals surface area contributed by atoms with Crippen molar-refractivity contribution in [3.63, 3.8) is 0 Å². The topological polar surface area (TPSA) is 76.2 Å². The largest absolute Gasteiger partial charge is 0.442 e. The summed E-state index contributed by atoms with van der Waals surface area (Å²) in [6.07, 6.45) is 9.83. The number of aromatic nitrogens is 3. The van der Waals surface area contributed by atoms with Gasteiger partial charge in [-0.25, -0.2) is 4.98 Å². The van der Waals surface area contributed by atoms with Gasteiger partial charge in [0.2, 0.25) is 0 Å². The number of nitrogens with one attached hydrogen (secondary N) is 1. The monoisotopic (exact) mass is 265 g/mol. The average Bonchev–Trinajstić information content (AvgIpc) is 3.03. The van der Waals surface area contributed by atoms with Crippen molar-refractivity contribution < 1.29 is 4.42 Å². The van der Waals surface area contributed by atoms with E-state index in [0.717, 1.165) is 16.9 Å². The second-order valence-corrected chi connectivity index (χ2v) is 3.95. The summed E-state index contributed by atoms with van der Waals surface area (Å²) in [4.78, 5) is 12.1. The molecule has 3 rings (SSSR count). The van der Waals surface area contributed by atoms with E-state index in [0.29, 0.717) is 5.76 Å². The summed E-state index contributed by atoms with van der Waals surface area (Å²) < 4.78 is 5.17. The minimum absolute atomic E-state index is 0.636. The van der Waals surface area contributed by atoms with E-state index in [4.69, 9.17) is 4.42 Å². The Morgan fingerprint density at radius 2 is 1.95 bits per heavy atom. The zero-order chi connectivity index (χ0) is 13.6. The lowest BCUT2D eigenvalue weighted by molar-refractivity contribution is 0.570. The number of rotatable bonds is 4. The minimum atomic E-state index is 0.636. The molecule has 6 nitrogen and oxygen atoms in total. The molecule has 0 aromatic carbocycles. The quantitative estimate of drug-likeness (QED) is 0.579. The molecule has 3 aromatic rings. The van der Waals surface area contributed by atoms with Gasteiger partial charge in [-0.2, -0.15) is 5.10 Å². The smallest absolute Gasteiger partial charge is 0.181 e. The van der Waals surface area contributed by atoms with Crippen molar-refractivity contribution in [2.24, 2.45) is 5.10 Å². The van der Waals surface area contributed by atoms with Crippen molar-refractivity contribution in [1.29, 1.82) is 0 Å². The van der Waals surface area contributed by atoms with Crippen LogP contribution in [-0.4, -0.2) is 21.2 Å². The van der Waals surface area contributed by atoms with Crippen LogP contribution in [0, 0.1) is 0 Å². The summed E-state index contributed by atoms with van der Waals surface area (Å²) in [5.41, 5.74) is 5.40. The maximum atomic E-state index is 5.17. The van der Waals surface area contributed by atoms with Crippen molar-refractivity contribution in [2.45, 2.75) is 0 Å². The predicted octanol–water partition coefficient (Wildman–Crippen LogP) is 2.58. The molecular formula is C14H11N5O. The van der Waals surface area contributed by atoms with E-state index in [2.05, 4.69) is 25.5 Å². The Bertz CT molecular complexity index is 677. The highest BCUT2D eigenvalue weighted by Crippen LogP contribution is 2.17. The van der Waals surface area contributed by atoms with Gasteiger partial charge in [-0.15, -0.1) is 0 Å². The normalized spacial score (nSPS) is 10.8. The number of anilines is 1. The second kappa shape index (κ2) is 5.75. The van der Waals surface area contributed by atoms with Crippen LogP contribution in [0.4, 0.5) is 5.69 Å². The van der Waals surface area contributed by atoms with Crippen LogP contribution >= 0.6 is 0 Å². The molecule has 3 heterocycles. The first-order valence-corrected chi connectivity index (χ1v) is 5.96. The third-order valence-electron chi connectivity index (χ3n) is 2.56. The minimum Gasteiger partial charge on any atom is -0.442 e. The Hall–Kier alpha value is -3.02. The third-order valence-corrected chi connectivity index (χ3v) is 2.56. The van der Waals surface area contributed by atoms with Gasteiger partial charge in [0.25, 0.3) is 0 Å². The van der Waals surface area contributed by atoms with Gasteiger partial charge < -0.3 is 4.42 Å².